The first kappa shape index (κ1) is 23.5. The Bertz CT molecular complexity index is 1830. The number of nitrogens with zero attached hydrogens (tertiary/aromatic N) is 2. The molecule has 0 saturated carbocycles. The minimum absolute atomic E-state index is 0.121. The summed E-state index contributed by atoms with van der Waals surface area (Å²) in [5, 5.41) is 10.6. The minimum atomic E-state index is -4.02. The van der Waals surface area contributed by atoms with Gasteiger partial charge in [-0.05, 0) is 35.4 Å². The monoisotopic (exact) mass is 605 g/mol. The fraction of sp³-hybridized carbons (Fsp3) is 0.286. The van der Waals surface area contributed by atoms with Gasteiger partial charge < -0.3 is 14.3 Å². The van der Waals surface area contributed by atoms with Crippen LogP contribution in [0, 0.1) is 5.92 Å². The highest BCUT2D eigenvalue weighted by molar-refractivity contribution is 7.88. The van der Waals surface area contributed by atoms with Crippen LogP contribution in [0.4, 0.5) is 0 Å². The maximum Gasteiger partial charge on any atom is 0.339 e. The second kappa shape index (κ2) is 12.7. The third-order valence-electron chi connectivity index (χ3n) is 7.85. The Kier molecular flexibility index (Phi) is 6.94. The maximum atomic E-state index is 13.9. The number of ether oxygens (including phenoxy) is 1. The van der Waals surface area contributed by atoms with Crippen molar-refractivity contribution in [3.05, 3.63) is 138 Å². The van der Waals surface area contributed by atoms with E-state index in [0.717, 1.165) is 0 Å². The van der Waals surface area contributed by atoms with Gasteiger partial charge in [0.05, 0.1) is 46.0 Å². The molecule has 0 spiro atoms. The number of hydrogen-bond acceptors (Lipinski definition) is 5. The number of benzene rings is 4. The van der Waals surface area contributed by atoms with Gasteiger partial charge in [-0.25, -0.2) is 17.5 Å². The fourth-order valence-electron chi connectivity index (χ4n) is 5.79. The summed E-state index contributed by atoms with van der Waals surface area (Å²) in [6, 6.07) is 31.0. The first-order chi connectivity index (χ1) is 23.1. The summed E-state index contributed by atoms with van der Waals surface area (Å²) in [6.45, 7) is -7.79. The topological polar surface area (TPSA) is 83.9 Å². The van der Waals surface area contributed by atoms with E-state index in [0.29, 0.717) is 11.1 Å². The third-order valence-corrected chi connectivity index (χ3v) is 9.66. The number of aromatic hydroxyl groups is 1. The zero-order chi connectivity index (χ0) is 35.5. The Morgan fingerprint density at radius 2 is 1.56 bits per heavy atom. The molecular formula is C35H39N2O5S+. The zero-order valence-corrected chi connectivity index (χ0v) is 24.5. The number of phenols is 1. The second-order valence-corrected chi connectivity index (χ2v) is 13.0. The number of piperidine rings is 1. The quantitative estimate of drug-likeness (QED) is 0.189. The molecular weight excluding hydrogens is 560 g/mol. The summed E-state index contributed by atoms with van der Waals surface area (Å²) < 4.78 is 86.2. The predicted molar refractivity (Wildman–Crippen MR) is 168 cm³/mol. The summed E-state index contributed by atoms with van der Waals surface area (Å²) in [6.07, 6.45) is -0.138. The van der Waals surface area contributed by atoms with Crippen molar-refractivity contribution in [1.29, 1.82) is 0 Å². The lowest BCUT2D eigenvalue weighted by Crippen LogP contribution is -2.59. The van der Waals surface area contributed by atoms with Crippen LogP contribution < -0.4 is 0 Å². The van der Waals surface area contributed by atoms with Crippen molar-refractivity contribution < 1.29 is 35.8 Å². The van der Waals surface area contributed by atoms with Gasteiger partial charge in [-0.3, -0.25) is 0 Å². The molecule has 1 aliphatic heterocycles. The van der Waals surface area contributed by atoms with E-state index in [-0.39, 0.29) is 42.1 Å². The zero-order valence-electron chi connectivity index (χ0n) is 29.7. The third kappa shape index (κ3) is 7.33. The number of hydrogen-bond donors (Lipinski definition) is 1. The molecule has 8 heteroatoms. The standard InChI is InChI=1S/C35H38N2O5S/c1-37(2,25-28-13-6-3-7-14-28)26-32-24-36(43(40,41)27-29-15-8-4-9-16-29)22-21-35(32,31-19-12-20-33(38)23-31)42-34(39)30-17-10-5-11-18-30/h3-20,23,32H,21-22,24-27H2,1-2H3/p+1/t32-,35+/m0/s1/i1D3,2D3. The number of sulfonamides is 1. The molecule has 0 amide bonds. The Morgan fingerprint density at radius 1 is 0.930 bits per heavy atom. The second-order valence-electron chi connectivity index (χ2n) is 11.0. The molecule has 4 aromatic rings. The highest BCUT2D eigenvalue weighted by Crippen LogP contribution is 2.44. The predicted octanol–water partition coefficient (Wildman–Crippen LogP) is 5.57. The smallest absolute Gasteiger partial charge is 0.339 e. The van der Waals surface area contributed by atoms with E-state index < -0.39 is 59.0 Å². The molecule has 0 bridgehead atoms. The van der Waals surface area contributed by atoms with Crippen molar-refractivity contribution in [1.82, 2.24) is 4.31 Å². The van der Waals surface area contributed by atoms with Gasteiger partial charge in [0.25, 0.3) is 0 Å². The van der Waals surface area contributed by atoms with Gasteiger partial charge in [-0.1, -0.05) is 91.0 Å². The van der Waals surface area contributed by atoms with Crippen LogP contribution >= 0.6 is 0 Å². The van der Waals surface area contributed by atoms with Gasteiger partial charge in [-0.2, -0.15) is 0 Å². The van der Waals surface area contributed by atoms with Crippen LogP contribution in [-0.4, -0.2) is 61.9 Å². The van der Waals surface area contributed by atoms with E-state index in [1.807, 2.05) is 0 Å². The Balaban J connectivity index is 1.70. The largest absolute Gasteiger partial charge is 0.508 e. The van der Waals surface area contributed by atoms with E-state index in [1.165, 1.54) is 22.5 Å². The minimum Gasteiger partial charge on any atom is -0.508 e. The number of esters is 1. The highest BCUT2D eigenvalue weighted by atomic mass is 32.2. The molecule has 0 aromatic heterocycles. The average Bonchev–Trinajstić information content (AvgIpc) is 3.05. The van der Waals surface area contributed by atoms with Gasteiger partial charge >= 0.3 is 5.97 Å². The van der Waals surface area contributed by atoms with Crippen molar-refractivity contribution >= 4 is 16.0 Å². The van der Waals surface area contributed by atoms with Gasteiger partial charge in [0.1, 0.15) is 17.9 Å². The van der Waals surface area contributed by atoms with Crippen LogP contribution in [0.1, 0.15) is 41.7 Å². The molecule has 1 N–H and O–H groups in total. The van der Waals surface area contributed by atoms with Crippen LogP contribution in [0.15, 0.2) is 115 Å². The Labute approximate surface area is 263 Å². The van der Waals surface area contributed by atoms with Crippen LogP contribution in [0.2, 0.25) is 0 Å². The van der Waals surface area contributed by atoms with Crippen LogP contribution in [0.3, 0.4) is 0 Å². The average molecular weight is 606 g/mol. The first-order valence-electron chi connectivity index (χ1n) is 17.1. The molecule has 1 heterocycles. The van der Waals surface area contributed by atoms with Gasteiger partial charge in [0, 0.05) is 25.1 Å². The summed E-state index contributed by atoms with van der Waals surface area (Å²) in [5.41, 5.74) is -0.268. The highest BCUT2D eigenvalue weighted by Gasteiger charge is 2.52. The van der Waals surface area contributed by atoms with E-state index in [9.17, 15) is 18.3 Å². The van der Waals surface area contributed by atoms with Crippen LogP contribution in [-0.2, 0) is 32.7 Å². The van der Waals surface area contributed by atoms with E-state index in [4.69, 9.17) is 13.0 Å². The van der Waals surface area contributed by atoms with Gasteiger partial charge in [0.15, 0.2) is 0 Å². The summed E-state index contributed by atoms with van der Waals surface area (Å²) >= 11 is 0. The molecule has 4 aromatic carbocycles. The van der Waals surface area contributed by atoms with Crippen molar-refractivity contribution in [3.63, 3.8) is 0 Å². The number of carbonyl (C=O) groups is 1. The molecule has 43 heavy (non-hydrogen) atoms. The normalized spacial score (nSPS) is 22.2. The van der Waals surface area contributed by atoms with Crippen molar-refractivity contribution in [3.8, 4) is 5.75 Å². The molecule has 224 valence electrons. The number of quaternary nitrogens is 1. The van der Waals surface area contributed by atoms with Crippen molar-refractivity contribution in [2.24, 2.45) is 5.92 Å². The van der Waals surface area contributed by atoms with E-state index in [2.05, 4.69) is 0 Å². The first-order valence-corrected chi connectivity index (χ1v) is 15.7. The summed E-state index contributed by atoms with van der Waals surface area (Å²) in [7, 11) is -4.02. The SMILES string of the molecule is [2H]C([2H])([2H])[N+](Cc1ccccc1)(C[C@@H]1CN(S(=O)(=O)Cc2ccccc2)CC[C@@]1(OC(=O)c1ccccc1)c1cccc(O)c1)C([2H])([2H])[2H]. The summed E-state index contributed by atoms with van der Waals surface area (Å²) in [5.74, 6) is -2.47. The lowest BCUT2D eigenvalue weighted by Gasteiger charge is -2.49. The molecule has 0 radical (unpaired) electrons. The van der Waals surface area contributed by atoms with Crippen molar-refractivity contribution in [2.75, 3.05) is 33.6 Å². The van der Waals surface area contributed by atoms with Crippen LogP contribution in [0.5, 0.6) is 5.75 Å². The fourth-order valence-corrected chi connectivity index (χ4v) is 7.36. The molecule has 1 aliphatic rings. The number of phenolic OH excluding ortho intramolecular Hbond substituents is 1. The Hall–Kier alpha value is -3.98. The van der Waals surface area contributed by atoms with Crippen molar-refractivity contribution in [2.45, 2.75) is 24.3 Å². The molecule has 0 unspecified atom stereocenters. The lowest BCUT2D eigenvalue weighted by molar-refractivity contribution is -0.908. The molecule has 7 nitrogen and oxygen atoms in total. The molecule has 5 rings (SSSR count). The van der Waals surface area contributed by atoms with E-state index in [1.54, 1.807) is 97.1 Å². The van der Waals surface area contributed by atoms with Gasteiger partial charge in [-0.15, -0.1) is 0 Å². The van der Waals surface area contributed by atoms with E-state index >= 15 is 0 Å². The Morgan fingerprint density at radius 3 is 2.19 bits per heavy atom. The molecule has 1 fully saturated rings. The maximum absolute atomic E-state index is 13.9. The summed E-state index contributed by atoms with van der Waals surface area (Å²) in [4.78, 5) is 13.8. The van der Waals surface area contributed by atoms with Crippen LogP contribution in [0.25, 0.3) is 0 Å². The number of carbonyl (C=O) groups excluding carboxylic acids is 1. The molecule has 1 saturated heterocycles. The molecule has 2 atom stereocenters. The van der Waals surface area contributed by atoms with Gasteiger partial charge in [0.2, 0.25) is 10.0 Å². The number of rotatable bonds is 10. The lowest BCUT2D eigenvalue weighted by atomic mass is 9.75. The molecule has 0 aliphatic carbocycles.